The molecule has 0 bridgehead atoms. The Kier molecular flexibility index (Phi) is 11.6. The molecule has 0 radical (unpaired) electrons. The van der Waals surface area contributed by atoms with E-state index in [1.165, 1.54) is 10.2 Å². The van der Waals surface area contributed by atoms with Gasteiger partial charge in [-0.2, -0.15) is 0 Å². The number of carboxylic acid groups (broad SMARTS) is 1. The number of carboxylic acids is 1. The molecule has 1 saturated carbocycles. The number of aryl methyl sites for hydroxylation is 2. The third kappa shape index (κ3) is 6.35. The molecule has 0 spiro atoms. The Hall–Kier alpha value is 0.273. The Morgan fingerprint density at radius 1 is 1.21 bits per heavy atom. The van der Waals surface area contributed by atoms with E-state index >= 15 is 0 Å². The molecule has 4 rings (SSSR count). The van der Waals surface area contributed by atoms with Gasteiger partial charge in [0.15, 0.2) is 0 Å². The summed E-state index contributed by atoms with van der Waals surface area (Å²) in [6, 6.07) is 13.9. The summed E-state index contributed by atoms with van der Waals surface area (Å²) in [5.74, 6) is -1.36. The number of carbonyl (C=O) groups excluding carboxylic acids is 1. The van der Waals surface area contributed by atoms with Gasteiger partial charge in [-0.3, -0.25) is 0 Å². The number of nitrogens with zero attached hydrogens (tertiary/aromatic N) is 4. The van der Waals surface area contributed by atoms with E-state index in [1.807, 2.05) is 30.3 Å². The molecule has 1 aliphatic carbocycles. The minimum absolute atomic E-state index is 0. The van der Waals surface area contributed by atoms with Crippen LogP contribution in [0.5, 0.6) is 0 Å². The van der Waals surface area contributed by atoms with E-state index < -0.39 is 11.9 Å². The molecule has 2 unspecified atom stereocenters. The van der Waals surface area contributed by atoms with Crippen LogP contribution in [0, 0.1) is 19.8 Å². The molecule has 0 saturated heterocycles. The second kappa shape index (κ2) is 13.0. The van der Waals surface area contributed by atoms with Gasteiger partial charge in [0.05, 0.1) is 5.69 Å². The Morgan fingerprint density at radius 2 is 1.91 bits per heavy atom. The largest absolute Gasteiger partial charge is 1.00 e. The van der Waals surface area contributed by atoms with Crippen LogP contribution in [0.4, 0.5) is 5.69 Å². The smallest absolute Gasteiger partial charge is 0.738 e. The van der Waals surface area contributed by atoms with Crippen molar-refractivity contribution in [3.8, 4) is 5.69 Å². The predicted molar refractivity (Wildman–Crippen MR) is 118 cm³/mol. The van der Waals surface area contributed by atoms with E-state index in [4.69, 9.17) is 12.6 Å². The second-order valence-corrected chi connectivity index (χ2v) is 8.65. The quantitative estimate of drug-likeness (QED) is 0.190. The Morgan fingerprint density at radius 3 is 2.48 bits per heavy atom. The normalized spacial score (nSPS) is 19.0. The molecular weight excluding hydrogens is 489 g/mol. The number of carbonyl (C=O) groups is 1. The zero-order valence-corrected chi connectivity index (χ0v) is 26.7. The summed E-state index contributed by atoms with van der Waals surface area (Å²) in [4.78, 5) is 11.9. The minimum Gasteiger partial charge on any atom is -0.738 e. The first-order valence-electron chi connectivity index (χ1n) is 10.5. The van der Waals surface area contributed by atoms with Crippen molar-refractivity contribution in [2.75, 3.05) is 11.9 Å². The maximum absolute atomic E-state index is 11.9. The molecule has 1 fully saturated rings. The molecule has 0 aliphatic heterocycles. The van der Waals surface area contributed by atoms with Crippen molar-refractivity contribution in [1.82, 2.24) is 20.2 Å². The summed E-state index contributed by atoms with van der Waals surface area (Å²) in [5.41, 5.74) is 4.90. The van der Waals surface area contributed by atoms with E-state index in [0.29, 0.717) is 11.6 Å². The number of aromatic nitrogens is 4. The molecule has 33 heavy (non-hydrogen) atoms. The van der Waals surface area contributed by atoms with Crippen molar-refractivity contribution < 1.29 is 113 Å². The summed E-state index contributed by atoms with van der Waals surface area (Å²) in [7, 11) is 0. The molecule has 1 aliphatic rings. The van der Waals surface area contributed by atoms with Gasteiger partial charge in [0.2, 0.25) is 0 Å². The van der Waals surface area contributed by atoms with Crippen LogP contribution < -0.4 is 113 Å². The first-order valence-corrected chi connectivity index (χ1v) is 10.9. The Balaban J connectivity index is 0.00000193. The zero-order valence-electron chi connectivity index (χ0n) is 19.7. The number of aliphatic carboxylic acids is 1. The Labute approximate surface area is 285 Å². The van der Waals surface area contributed by atoms with Crippen LogP contribution in [0.3, 0.4) is 0 Å². The van der Waals surface area contributed by atoms with Crippen LogP contribution in [-0.4, -0.2) is 32.7 Å². The standard InChI is InChI=1S/C23H27N5O2S.2K/c1-15-6-3-7-16(2)20(15)23(12-10-19(23)21(29)30)11-5-13-24-17-8-4-9-18(14-17)28-22(31)25-26-27-28;;/h3-4,6-9,14,19,24H,5,10-13H2,1-2H3,(H,29,30)(H,25,27,31);;/q;2*+1/p-2. The molecule has 1 heterocycles. The van der Waals surface area contributed by atoms with Gasteiger partial charge in [0.25, 0.3) is 0 Å². The molecule has 2 atom stereocenters. The summed E-state index contributed by atoms with van der Waals surface area (Å²) >= 11 is 5.13. The number of tetrazole rings is 1. The monoisotopic (exact) mass is 513 g/mol. The van der Waals surface area contributed by atoms with E-state index in [2.05, 4.69) is 46.8 Å². The SMILES string of the molecule is Cc1cccc(C)c1C1(CCCNc2cccc(-n3nnnc3[S-])c2)CCC1C(=O)[O-].[K+].[K+]. The zero-order chi connectivity index (χ0) is 22.0. The number of hydrogen-bond acceptors (Lipinski definition) is 7. The molecule has 1 aromatic heterocycles. The van der Waals surface area contributed by atoms with Crippen molar-refractivity contribution in [3.05, 3.63) is 59.2 Å². The minimum atomic E-state index is -0.935. The summed E-state index contributed by atoms with van der Waals surface area (Å²) in [5, 5.41) is 26.9. The van der Waals surface area contributed by atoms with Crippen molar-refractivity contribution in [2.45, 2.75) is 50.1 Å². The van der Waals surface area contributed by atoms with E-state index in [-0.39, 0.29) is 108 Å². The average molecular weight is 514 g/mol. The number of nitrogens with one attached hydrogen (secondary N) is 1. The molecule has 2 aromatic carbocycles. The van der Waals surface area contributed by atoms with Gasteiger partial charge in [-0.25, -0.2) is 4.68 Å². The van der Waals surface area contributed by atoms with Gasteiger partial charge >= 0.3 is 103 Å². The maximum atomic E-state index is 11.9. The third-order valence-electron chi connectivity index (χ3n) is 6.47. The van der Waals surface area contributed by atoms with Gasteiger partial charge in [0.1, 0.15) is 0 Å². The predicted octanol–water partition coefficient (Wildman–Crippen LogP) is -3.52. The first-order chi connectivity index (χ1) is 14.9. The van der Waals surface area contributed by atoms with Crippen molar-refractivity contribution in [1.29, 1.82) is 0 Å². The molecule has 3 aromatic rings. The van der Waals surface area contributed by atoms with Gasteiger partial charge in [-0.15, -0.1) is 5.10 Å². The summed E-state index contributed by atoms with van der Waals surface area (Å²) < 4.78 is 1.51. The fourth-order valence-corrected chi connectivity index (χ4v) is 5.21. The van der Waals surface area contributed by atoms with Crippen LogP contribution >= 0.6 is 0 Å². The molecule has 162 valence electrons. The molecule has 1 N–H and O–H groups in total. The van der Waals surface area contributed by atoms with Gasteiger partial charge in [-0.1, -0.05) is 24.3 Å². The molecule has 0 amide bonds. The first kappa shape index (κ1) is 29.5. The van der Waals surface area contributed by atoms with Crippen molar-refractivity contribution >= 4 is 24.3 Å². The maximum Gasteiger partial charge on any atom is 1.00 e. The van der Waals surface area contributed by atoms with Gasteiger partial charge in [-0.05, 0) is 84.8 Å². The number of rotatable bonds is 8. The topological polar surface area (TPSA) is 95.8 Å². The van der Waals surface area contributed by atoms with Crippen LogP contribution in [0.25, 0.3) is 5.69 Å². The third-order valence-corrected chi connectivity index (χ3v) is 6.72. The number of hydrogen-bond donors (Lipinski definition) is 1. The Bertz CT molecular complexity index is 1090. The number of benzene rings is 2. The fraction of sp³-hybridized carbons (Fsp3) is 0.391. The summed E-state index contributed by atoms with van der Waals surface area (Å²) in [6.07, 6.45) is 3.21. The molecular formula is C23H25K2N5O2S. The van der Waals surface area contributed by atoms with E-state index in [1.54, 1.807) is 0 Å². The fourth-order valence-electron chi connectivity index (χ4n) is 5.03. The number of anilines is 1. The van der Waals surface area contributed by atoms with Crippen molar-refractivity contribution in [2.24, 2.45) is 5.92 Å². The van der Waals surface area contributed by atoms with Crippen LogP contribution in [0.2, 0.25) is 0 Å². The summed E-state index contributed by atoms with van der Waals surface area (Å²) in [6.45, 7) is 4.88. The van der Waals surface area contributed by atoms with E-state index in [9.17, 15) is 9.90 Å². The average Bonchev–Trinajstić information content (AvgIpc) is 3.14. The van der Waals surface area contributed by atoms with E-state index in [0.717, 1.165) is 48.3 Å². The van der Waals surface area contributed by atoms with Crippen molar-refractivity contribution in [3.63, 3.8) is 0 Å². The molecule has 10 heteroatoms. The molecule has 7 nitrogen and oxygen atoms in total. The van der Waals surface area contributed by atoms with Gasteiger partial charge < -0.3 is 27.8 Å². The van der Waals surface area contributed by atoms with Crippen LogP contribution in [-0.2, 0) is 22.8 Å². The van der Waals surface area contributed by atoms with Gasteiger partial charge in [0, 0.05) is 34.7 Å². The van der Waals surface area contributed by atoms with Crippen LogP contribution in [0.15, 0.2) is 47.6 Å². The van der Waals surface area contributed by atoms with Crippen LogP contribution in [0.1, 0.15) is 42.4 Å². The second-order valence-electron chi connectivity index (χ2n) is 8.29.